The largest absolute Gasteiger partial charge is 0.365 e. The van der Waals surface area contributed by atoms with E-state index in [4.69, 9.17) is 11.6 Å². The van der Waals surface area contributed by atoms with Gasteiger partial charge in [0.25, 0.3) is 0 Å². The van der Waals surface area contributed by atoms with E-state index in [1.807, 2.05) is 36.7 Å². The van der Waals surface area contributed by atoms with E-state index in [9.17, 15) is 4.79 Å². The lowest BCUT2D eigenvalue weighted by Crippen LogP contribution is -2.27. The van der Waals surface area contributed by atoms with Crippen molar-refractivity contribution in [3.8, 4) is 0 Å². The van der Waals surface area contributed by atoms with Gasteiger partial charge in [-0.3, -0.25) is 4.79 Å². The van der Waals surface area contributed by atoms with Gasteiger partial charge in [-0.2, -0.15) is 0 Å². The van der Waals surface area contributed by atoms with Crippen LogP contribution < -0.4 is 10.6 Å². The number of halogens is 1. The van der Waals surface area contributed by atoms with Crippen molar-refractivity contribution in [3.05, 3.63) is 45.9 Å². The molecule has 0 spiro atoms. The first-order chi connectivity index (χ1) is 9.67. The summed E-state index contributed by atoms with van der Waals surface area (Å²) < 4.78 is 0. The Bertz CT molecular complexity index is 585. The third-order valence-electron chi connectivity index (χ3n) is 2.73. The first kappa shape index (κ1) is 14.8. The van der Waals surface area contributed by atoms with Crippen molar-refractivity contribution in [2.24, 2.45) is 0 Å². The number of hydrogen-bond donors (Lipinski definition) is 2. The van der Waals surface area contributed by atoms with Gasteiger partial charge in [0, 0.05) is 24.0 Å². The molecule has 0 saturated carbocycles. The highest BCUT2D eigenvalue weighted by Gasteiger charge is 2.06. The van der Waals surface area contributed by atoms with Crippen LogP contribution in [0.5, 0.6) is 0 Å². The van der Waals surface area contributed by atoms with Crippen LogP contribution in [0.4, 0.5) is 5.13 Å². The van der Waals surface area contributed by atoms with E-state index >= 15 is 0 Å². The van der Waals surface area contributed by atoms with E-state index in [0.29, 0.717) is 13.0 Å². The molecule has 2 N–H and O–H groups in total. The molecule has 4 nitrogen and oxygen atoms in total. The van der Waals surface area contributed by atoms with Crippen molar-refractivity contribution in [1.82, 2.24) is 10.3 Å². The number of thiazole rings is 1. The van der Waals surface area contributed by atoms with Crippen LogP contribution in [0.3, 0.4) is 0 Å². The summed E-state index contributed by atoms with van der Waals surface area (Å²) in [6, 6.07) is 7.66. The van der Waals surface area contributed by atoms with Crippen LogP contribution in [0.1, 0.15) is 11.3 Å². The highest BCUT2D eigenvalue weighted by molar-refractivity contribution is 7.13. The van der Waals surface area contributed by atoms with Crippen molar-refractivity contribution in [1.29, 1.82) is 0 Å². The molecule has 0 saturated heterocycles. The van der Waals surface area contributed by atoms with E-state index in [2.05, 4.69) is 15.6 Å². The monoisotopic (exact) mass is 309 g/mol. The van der Waals surface area contributed by atoms with Crippen LogP contribution >= 0.6 is 22.9 Å². The van der Waals surface area contributed by atoms with Gasteiger partial charge < -0.3 is 10.6 Å². The molecule has 1 aromatic heterocycles. The molecular weight excluding hydrogens is 294 g/mol. The van der Waals surface area contributed by atoms with Crippen LogP contribution in [0.15, 0.2) is 29.6 Å². The number of hydrogen-bond acceptors (Lipinski definition) is 4. The lowest BCUT2D eigenvalue weighted by Gasteiger charge is -2.04. The summed E-state index contributed by atoms with van der Waals surface area (Å²) >= 11 is 7.41. The predicted octanol–water partition coefficient (Wildman–Crippen LogP) is 2.74. The average molecular weight is 310 g/mol. The van der Waals surface area contributed by atoms with Crippen molar-refractivity contribution < 1.29 is 4.79 Å². The fourth-order valence-electron chi connectivity index (χ4n) is 1.77. The first-order valence-corrected chi connectivity index (χ1v) is 7.56. The Morgan fingerprint density at radius 1 is 1.45 bits per heavy atom. The van der Waals surface area contributed by atoms with Gasteiger partial charge in [-0.25, -0.2) is 4.98 Å². The number of nitrogens with zero attached hydrogens (tertiary/aromatic N) is 1. The third kappa shape index (κ3) is 4.51. The van der Waals surface area contributed by atoms with Gasteiger partial charge in [-0.1, -0.05) is 23.7 Å². The van der Waals surface area contributed by atoms with Crippen molar-refractivity contribution >= 4 is 34.0 Å². The standard InChI is InChI=1S/C14H16ClN3OS/c1-16-14-18-12(9-20-14)8-13(19)17-6-5-10-3-2-4-11(15)7-10/h2-4,7,9H,5-6,8H2,1H3,(H,16,18)(H,17,19). The van der Waals surface area contributed by atoms with Gasteiger partial charge in [0.05, 0.1) is 12.1 Å². The van der Waals surface area contributed by atoms with Gasteiger partial charge in [0.15, 0.2) is 5.13 Å². The first-order valence-electron chi connectivity index (χ1n) is 6.30. The summed E-state index contributed by atoms with van der Waals surface area (Å²) in [5, 5.41) is 9.28. The minimum absolute atomic E-state index is 0.0139. The Balaban J connectivity index is 1.75. The number of anilines is 1. The number of rotatable bonds is 6. The predicted molar refractivity (Wildman–Crippen MR) is 83.5 cm³/mol. The molecule has 0 atom stereocenters. The van der Waals surface area contributed by atoms with Crippen molar-refractivity contribution in [2.75, 3.05) is 18.9 Å². The van der Waals surface area contributed by atoms with Crippen LogP contribution in [-0.2, 0) is 17.6 Å². The van der Waals surface area contributed by atoms with Gasteiger partial charge in [0.1, 0.15) is 0 Å². The Labute approximate surface area is 127 Å². The maximum Gasteiger partial charge on any atom is 0.226 e. The molecule has 0 aliphatic rings. The zero-order valence-corrected chi connectivity index (χ0v) is 12.7. The number of carbonyl (C=O) groups excluding carboxylic acids is 1. The molecule has 20 heavy (non-hydrogen) atoms. The molecule has 0 radical (unpaired) electrons. The maximum absolute atomic E-state index is 11.8. The van der Waals surface area contributed by atoms with E-state index in [0.717, 1.165) is 27.8 Å². The highest BCUT2D eigenvalue weighted by atomic mass is 35.5. The van der Waals surface area contributed by atoms with Gasteiger partial charge >= 0.3 is 0 Å². The fraction of sp³-hybridized carbons (Fsp3) is 0.286. The zero-order chi connectivity index (χ0) is 14.4. The molecule has 1 amide bonds. The SMILES string of the molecule is CNc1nc(CC(=O)NCCc2cccc(Cl)c2)cs1. The molecule has 1 aromatic carbocycles. The third-order valence-corrected chi connectivity index (χ3v) is 3.88. The number of nitrogens with one attached hydrogen (secondary N) is 2. The summed E-state index contributed by atoms with van der Waals surface area (Å²) in [5.41, 5.74) is 1.91. The molecule has 0 aliphatic heterocycles. The van der Waals surface area contributed by atoms with Gasteiger partial charge in [-0.15, -0.1) is 11.3 Å². The topological polar surface area (TPSA) is 54.0 Å². The lowest BCUT2D eigenvalue weighted by molar-refractivity contribution is -0.120. The highest BCUT2D eigenvalue weighted by Crippen LogP contribution is 2.14. The molecule has 0 bridgehead atoms. The van der Waals surface area contributed by atoms with E-state index in [1.165, 1.54) is 11.3 Å². The Hall–Kier alpha value is -1.59. The van der Waals surface area contributed by atoms with E-state index in [1.54, 1.807) is 0 Å². The minimum Gasteiger partial charge on any atom is -0.365 e. The fourth-order valence-corrected chi connectivity index (χ4v) is 2.65. The molecule has 2 aromatic rings. The second kappa shape index (κ2) is 7.26. The number of carbonyl (C=O) groups is 1. The molecule has 0 unspecified atom stereocenters. The van der Waals surface area contributed by atoms with E-state index in [-0.39, 0.29) is 5.91 Å². The van der Waals surface area contributed by atoms with Gasteiger partial charge in [-0.05, 0) is 24.1 Å². The van der Waals surface area contributed by atoms with Crippen LogP contribution in [0.2, 0.25) is 5.02 Å². The Kier molecular flexibility index (Phi) is 5.38. The normalized spacial score (nSPS) is 10.3. The molecule has 2 rings (SSSR count). The zero-order valence-electron chi connectivity index (χ0n) is 11.1. The Morgan fingerprint density at radius 2 is 2.30 bits per heavy atom. The molecular formula is C14H16ClN3OS. The van der Waals surface area contributed by atoms with Crippen molar-refractivity contribution in [3.63, 3.8) is 0 Å². The lowest BCUT2D eigenvalue weighted by atomic mass is 10.1. The summed E-state index contributed by atoms with van der Waals surface area (Å²) in [6.07, 6.45) is 1.08. The summed E-state index contributed by atoms with van der Waals surface area (Å²) in [7, 11) is 1.81. The maximum atomic E-state index is 11.8. The number of aromatic nitrogens is 1. The summed E-state index contributed by atoms with van der Waals surface area (Å²) in [4.78, 5) is 16.0. The molecule has 1 heterocycles. The van der Waals surface area contributed by atoms with Gasteiger partial charge in [0.2, 0.25) is 5.91 Å². The van der Waals surface area contributed by atoms with Crippen LogP contribution in [-0.4, -0.2) is 24.5 Å². The van der Waals surface area contributed by atoms with Crippen LogP contribution in [0, 0.1) is 0 Å². The van der Waals surface area contributed by atoms with Crippen LogP contribution in [0.25, 0.3) is 0 Å². The number of amides is 1. The molecule has 106 valence electrons. The minimum atomic E-state index is -0.0139. The van der Waals surface area contributed by atoms with Crippen molar-refractivity contribution in [2.45, 2.75) is 12.8 Å². The molecule has 0 fully saturated rings. The number of benzene rings is 1. The second-order valence-corrected chi connectivity index (χ2v) is 5.60. The molecule has 6 heteroatoms. The van der Waals surface area contributed by atoms with E-state index < -0.39 is 0 Å². The summed E-state index contributed by atoms with van der Waals surface area (Å²) in [5.74, 6) is -0.0139. The molecule has 0 aliphatic carbocycles. The Morgan fingerprint density at radius 3 is 3.00 bits per heavy atom. The summed E-state index contributed by atoms with van der Waals surface area (Å²) in [6.45, 7) is 0.599. The smallest absolute Gasteiger partial charge is 0.226 e. The second-order valence-electron chi connectivity index (χ2n) is 4.30. The quantitative estimate of drug-likeness (QED) is 0.862. The average Bonchev–Trinajstić information content (AvgIpc) is 2.86.